The van der Waals surface area contributed by atoms with Crippen LogP contribution >= 0.6 is 0 Å². The van der Waals surface area contributed by atoms with E-state index in [1.165, 1.54) is 0 Å². The van der Waals surface area contributed by atoms with Crippen molar-refractivity contribution in [2.75, 3.05) is 20.1 Å². The van der Waals surface area contributed by atoms with Gasteiger partial charge in [0.1, 0.15) is 0 Å². The van der Waals surface area contributed by atoms with Gasteiger partial charge in [0.15, 0.2) is 0 Å². The first kappa shape index (κ1) is 15.0. The second kappa shape index (κ2) is 6.18. The molecule has 1 fully saturated rings. The van der Waals surface area contributed by atoms with E-state index in [-0.39, 0.29) is 24.4 Å². The van der Waals surface area contributed by atoms with Crippen molar-refractivity contribution in [1.82, 2.24) is 10.2 Å². The Labute approximate surface area is 109 Å². The van der Waals surface area contributed by atoms with Crippen LogP contribution in [0.2, 0.25) is 0 Å². The number of hydrogen-bond acceptors (Lipinski definition) is 3. The molecule has 5 nitrogen and oxygen atoms in total. The zero-order valence-corrected chi connectivity index (χ0v) is 11.7. The summed E-state index contributed by atoms with van der Waals surface area (Å²) in [5, 5.41) is 2.56. The molecule has 0 radical (unpaired) electrons. The molecule has 0 bridgehead atoms. The molecule has 104 valence electrons. The molecule has 18 heavy (non-hydrogen) atoms. The Hall–Kier alpha value is -1.10. The van der Waals surface area contributed by atoms with E-state index in [2.05, 4.69) is 5.32 Å². The summed E-state index contributed by atoms with van der Waals surface area (Å²) in [4.78, 5) is 25.7. The number of carbonyl (C=O) groups excluding carboxylic acids is 2. The third-order valence-electron chi connectivity index (χ3n) is 3.91. The van der Waals surface area contributed by atoms with E-state index in [4.69, 9.17) is 5.73 Å². The van der Waals surface area contributed by atoms with Crippen LogP contribution in [0.5, 0.6) is 0 Å². The first-order valence-electron chi connectivity index (χ1n) is 6.71. The predicted molar refractivity (Wildman–Crippen MR) is 70.9 cm³/mol. The molecule has 1 rings (SSSR count). The number of nitrogens with zero attached hydrogens (tertiary/aromatic N) is 1. The molecule has 2 amide bonds. The van der Waals surface area contributed by atoms with Gasteiger partial charge in [-0.3, -0.25) is 9.59 Å². The van der Waals surface area contributed by atoms with E-state index in [1.54, 1.807) is 11.9 Å². The van der Waals surface area contributed by atoms with Crippen molar-refractivity contribution >= 4 is 11.8 Å². The first-order valence-corrected chi connectivity index (χ1v) is 6.71. The number of hydrogen-bond donors (Lipinski definition) is 2. The highest BCUT2D eigenvalue weighted by Crippen LogP contribution is 2.38. The van der Waals surface area contributed by atoms with Gasteiger partial charge in [-0.05, 0) is 26.2 Å². The maximum atomic E-state index is 12.6. The Balaban J connectivity index is 2.78. The van der Waals surface area contributed by atoms with Crippen LogP contribution in [0.3, 0.4) is 0 Å². The molecular formula is C13H25N3O2. The highest BCUT2D eigenvalue weighted by atomic mass is 16.2. The highest BCUT2D eigenvalue weighted by molar-refractivity contribution is 5.88. The van der Waals surface area contributed by atoms with E-state index in [9.17, 15) is 9.59 Å². The summed E-state index contributed by atoms with van der Waals surface area (Å²) in [7, 11) is 1.58. The van der Waals surface area contributed by atoms with Gasteiger partial charge in [0.05, 0.1) is 12.0 Å². The quantitative estimate of drug-likeness (QED) is 0.750. The van der Waals surface area contributed by atoms with Crippen molar-refractivity contribution in [3.8, 4) is 0 Å². The van der Waals surface area contributed by atoms with Crippen molar-refractivity contribution in [2.45, 2.75) is 45.6 Å². The van der Waals surface area contributed by atoms with Crippen LogP contribution in [-0.2, 0) is 9.59 Å². The summed E-state index contributed by atoms with van der Waals surface area (Å²) >= 11 is 0. The van der Waals surface area contributed by atoms with E-state index in [1.807, 2.05) is 13.8 Å². The normalized spacial score (nSPS) is 27.0. The molecule has 5 heteroatoms. The molecule has 2 unspecified atom stereocenters. The van der Waals surface area contributed by atoms with Crippen molar-refractivity contribution in [3.63, 3.8) is 0 Å². The maximum absolute atomic E-state index is 12.6. The Morgan fingerprint density at radius 1 is 1.50 bits per heavy atom. The van der Waals surface area contributed by atoms with E-state index >= 15 is 0 Å². The van der Waals surface area contributed by atoms with Gasteiger partial charge in [-0.15, -0.1) is 0 Å². The summed E-state index contributed by atoms with van der Waals surface area (Å²) in [5.74, 6) is -0.107. The van der Waals surface area contributed by atoms with Crippen LogP contribution in [-0.4, -0.2) is 42.9 Å². The first-order chi connectivity index (χ1) is 8.45. The van der Waals surface area contributed by atoms with Gasteiger partial charge in [-0.1, -0.05) is 13.3 Å². The summed E-state index contributed by atoms with van der Waals surface area (Å²) in [6.45, 7) is 4.67. The minimum atomic E-state index is -0.497. The number of carbonyl (C=O) groups is 2. The summed E-state index contributed by atoms with van der Waals surface area (Å²) in [6, 6.07) is -0.0888. The molecule has 0 aliphatic heterocycles. The number of likely N-dealkylation sites (N-methyl/N-ethyl adjacent to an activating group) is 1. The Morgan fingerprint density at radius 2 is 2.17 bits per heavy atom. The lowest BCUT2D eigenvalue weighted by molar-refractivity contribution is -0.144. The highest BCUT2D eigenvalue weighted by Gasteiger charge is 2.45. The summed E-state index contributed by atoms with van der Waals surface area (Å²) < 4.78 is 0. The van der Waals surface area contributed by atoms with E-state index < -0.39 is 5.41 Å². The summed E-state index contributed by atoms with van der Waals surface area (Å²) in [6.07, 6.45) is 3.54. The number of rotatable bonds is 5. The standard InChI is InChI=1S/C13H25N3O2/c1-4-8-16(9-11(17)15-3)12(18)13(2)7-5-6-10(13)14/h10H,4-9,14H2,1-3H3,(H,15,17). The van der Waals surface area contributed by atoms with E-state index in [0.29, 0.717) is 6.54 Å². The Kier molecular flexibility index (Phi) is 5.14. The van der Waals surface area contributed by atoms with Gasteiger partial charge in [-0.25, -0.2) is 0 Å². The smallest absolute Gasteiger partial charge is 0.239 e. The van der Waals surface area contributed by atoms with Gasteiger partial charge < -0.3 is 16.0 Å². The van der Waals surface area contributed by atoms with Gasteiger partial charge in [0, 0.05) is 19.6 Å². The SMILES string of the molecule is CCCN(CC(=O)NC)C(=O)C1(C)CCCC1N. The Bertz CT molecular complexity index is 319. The predicted octanol–water partition coefficient (Wildman–Crippen LogP) is 0.489. The molecule has 1 aliphatic rings. The summed E-state index contributed by atoms with van der Waals surface area (Å²) in [5.41, 5.74) is 5.57. The molecule has 0 aromatic rings. The molecule has 0 saturated heterocycles. The minimum Gasteiger partial charge on any atom is -0.358 e. The monoisotopic (exact) mass is 255 g/mol. The lowest BCUT2D eigenvalue weighted by atomic mass is 9.83. The number of amides is 2. The third kappa shape index (κ3) is 3.02. The van der Waals surface area contributed by atoms with Crippen LogP contribution in [0.25, 0.3) is 0 Å². The van der Waals surface area contributed by atoms with Gasteiger partial charge in [0.2, 0.25) is 11.8 Å². The third-order valence-corrected chi connectivity index (χ3v) is 3.91. The zero-order valence-electron chi connectivity index (χ0n) is 11.7. The topological polar surface area (TPSA) is 75.4 Å². The molecule has 1 saturated carbocycles. The molecule has 0 aromatic heterocycles. The molecule has 3 N–H and O–H groups in total. The van der Waals surface area contributed by atoms with E-state index in [0.717, 1.165) is 25.7 Å². The molecule has 1 aliphatic carbocycles. The van der Waals surface area contributed by atoms with Crippen molar-refractivity contribution < 1.29 is 9.59 Å². The van der Waals surface area contributed by atoms with Crippen molar-refractivity contribution in [3.05, 3.63) is 0 Å². The zero-order chi connectivity index (χ0) is 13.8. The van der Waals surface area contributed by atoms with Crippen LogP contribution < -0.4 is 11.1 Å². The molecular weight excluding hydrogens is 230 g/mol. The average molecular weight is 255 g/mol. The van der Waals surface area contributed by atoms with Gasteiger partial charge in [-0.2, -0.15) is 0 Å². The second-order valence-corrected chi connectivity index (χ2v) is 5.32. The molecule has 0 heterocycles. The molecule has 0 spiro atoms. The van der Waals surface area contributed by atoms with Crippen LogP contribution in [0.1, 0.15) is 39.5 Å². The number of nitrogens with one attached hydrogen (secondary N) is 1. The lowest BCUT2D eigenvalue weighted by Crippen LogP contribution is -2.51. The van der Waals surface area contributed by atoms with Gasteiger partial charge >= 0.3 is 0 Å². The maximum Gasteiger partial charge on any atom is 0.239 e. The van der Waals surface area contributed by atoms with Crippen LogP contribution in [0.4, 0.5) is 0 Å². The van der Waals surface area contributed by atoms with Crippen LogP contribution in [0, 0.1) is 5.41 Å². The Morgan fingerprint density at radius 3 is 2.61 bits per heavy atom. The van der Waals surface area contributed by atoms with Gasteiger partial charge in [0.25, 0.3) is 0 Å². The molecule has 2 atom stereocenters. The fraction of sp³-hybridized carbons (Fsp3) is 0.846. The fourth-order valence-electron chi connectivity index (χ4n) is 2.59. The minimum absolute atomic E-state index is 0.0259. The van der Waals surface area contributed by atoms with Crippen LogP contribution in [0.15, 0.2) is 0 Å². The molecule has 0 aromatic carbocycles. The second-order valence-electron chi connectivity index (χ2n) is 5.32. The number of nitrogens with two attached hydrogens (primary N) is 1. The van der Waals surface area contributed by atoms with Crippen molar-refractivity contribution in [1.29, 1.82) is 0 Å². The average Bonchev–Trinajstić information content (AvgIpc) is 2.69. The van der Waals surface area contributed by atoms with Crippen molar-refractivity contribution in [2.24, 2.45) is 11.1 Å². The lowest BCUT2D eigenvalue weighted by Gasteiger charge is -2.34. The largest absolute Gasteiger partial charge is 0.358 e. The fourth-order valence-corrected chi connectivity index (χ4v) is 2.59.